The maximum atomic E-state index is 4.75. The van der Waals surface area contributed by atoms with Gasteiger partial charge in [-0.2, -0.15) is 5.10 Å². The number of nitrogens with one attached hydrogen (secondary N) is 1. The first-order chi connectivity index (χ1) is 12.3. The fourth-order valence-electron chi connectivity index (χ4n) is 2.93. The third kappa shape index (κ3) is 4.98. The fraction of sp³-hybridized carbons (Fsp3) is 0.500. The Kier molecular flexibility index (Phi) is 6.33. The molecular formula is C18H26N6S. The summed E-state index contributed by atoms with van der Waals surface area (Å²) in [5.74, 6) is 3.72. The summed E-state index contributed by atoms with van der Waals surface area (Å²) < 4.78 is 1.77. The lowest BCUT2D eigenvalue weighted by Crippen LogP contribution is -2.40. The minimum Gasteiger partial charge on any atom is -0.357 e. The first-order valence-corrected chi connectivity index (χ1v) is 9.78. The van der Waals surface area contributed by atoms with Crippen molar-refractivity contribution in [2.75, 3.05) is 25.4 Å². The Hall–Kier alpha value is -2.02. The van der Waals surface area contributed by atoms with E-state index in [2.05, 4.69) is 57.6 Å². The summed E-state index contributed by atoms with van der Waals surface area (Å²) in [5, 5.41) is 7.52. The molecule has 1 aromatic heterocycles. The number of hydrogen-bond acceptors (Lipinski definition) is 4. The van der Waals surface area contributed by atoms with Crippen LogP contribution in [-0.2, 0) is 13.6 Å². The smallest absolute Gasteiger partial charge is 0.194 e. The van der Waals surface area contributed by atoms with Gasteiger partial charge in [-0.25, -0.2) is 9.98 Å². The minimum atomic E-state index is 0.554. The highest BCUT2D eigenvalue weighted by atomic mass is 32.2. The number of aryl methyl sites for hydroxylation is 1. The molecule has 1 unspecified atom stereocenters. The van der Waals surface area contributed by atoms with Crippen molar-refractivity contribution in [2.45, 2.75) is 24.8 Å². The van der Waals surface area contributed by atoms with Crippen molar-refractivity contribution in [3.8, 4) is 0 Å². The van der Waals surface area contributed by atoms with E-state index in [0.717, 1.165) is 37.2 Å². The lowest BCUT2D eigenvalue weighted by atomic mass is 10.2. The van der Waals surface area contributed by atoms with Gasteiger partial charge in [0.25, 0.3) is 0 Å². The molecule has 25 heavy (non-hydrogen) atoms. The molecule has 0 saturated carbocycles. The summed E-state index contributed by atoms with van der Waals surface area (Å²) in [5.41, 5.74) is 0. The number of likely N-dealkylation sites (tertiary alicyclic amines) is 1. The molecule has 1 atom stereocenters. The second-order valence-electron chi connectivity index (χ2n) is 6.19. The monoisotopic (exact) mass is 358 g/mol. The summed E-state index contributed by atoms with van der Waals surface area (Å²) in [4.78, 5) is 12.7. The van der Waals surface area contributed by atoms with Gasteiger partial charge in [0.15, 0.2) is 5.96 Å². The van der Waals surface area contributed by atoms with Crippen LogP contribution in [0.3, 0.4) is 0 Å². The van der Waals surface area contributed by atoms with Gasteiger partial charge in [0, 0.05) is 37.3 Å². The van der Waals surface area contributed by atoms with Gasteiger partial charge in [-0.1, -0.05) is 18.2 Å². The van der Waals surface area contributed by atoms with E-state index in [-0.39, 0.29) is 0 Å². The van der Waals surface area contributed by atoms with Gasteiger partial charge in [0.05, 0.1) is 0 Å². The highest BCUT2D eigenvalue weighted by molar-refractivity contribution is 7.99. The van der Waals surface area contributed by atoms with Crippen molar-refractivity contribution in [1.82, 2.24) is 25.0 Å². The molecule has 0 spiro atoms. The Labute approximate surface area is 153 Å². The van der Waals surface area contributed by atoms with Crippen LogP contribution in [0.4, 0.5) is 0 Å². The molecule has 0 bridgehead atoms. The van der Waals surface area contributed by atoms with Crippen molar-refractivity contribution in [3.63, 3.8) is 0 Å². The van der Waals surface area contributed by atoms with Crippen molar-refractivity contribution in [3.05, 3.63) is 42.5 Å². The third-order valence-corrected chi connectivity index (χ3v) is 5.57. The molecule has 1 aliphatic rings. The molecule has 2 heterocycles. The predicted octanol–water partition coefficient (Wildman–Crippen LogP) is 2.39. The van der Waals surface area contributed by atoms with E-state index < -0.39 is 0 Å². The van der Waals surface area contributed by atoms with Crippen molar-refractivity contribution >= 4 is 17.7 Å². The summed E-state index contributed by atoms with van der Waals surface area (Å²) in [6, 6.07) is 10.6. The van der Waals surface area contributed by atoms with Gasteiger partial charge in [0.1, 0.15) is 18.7 Å². The average molecular weight is 359 g/mol. The molecule has 1 N–H and O–H groups in total. The van der Waals surface area contributed by atoms with E-state index in [4.69, 9.17) is 4.99 Å². The van der Waals surface area contributed by atoms with Gasteiger partial charge in [-0.05, 0) is 31.4 Å². The normalized spacial score (nSPS) is 17.9. The molecule has 3 rings (SSSR count). The zero-order valence-electron chi connectivity index (χ0n) is 14.9. The second kappa shape index (κ2) is 8.89. The van der Waals surface area contributed by atoms with Crippen LogP contribution < -0.4 is 5.32 Å². The number of aliphatic imine (C=N–C) groups is 1. The molecule has 6 nitrogen and oxygen atoms in total. The van der Waals surface area contributed by atoms with E-state index in [1.165, 1.54) is 11.3 Å². The van der Waals surface area contributed by atoms with Gasteiger partial charge in [0.2, 0.25) is 0 Å². The Bertz CT molecular complexity index is 684. The van der Waals surface area contributed by atoms with Gasteiger partial charge in [-0.15, -0.1) is 11.8 Å². The topological polar surface area (TPSA) is 58.3 Å². The highest BCUT2D eigenvalue weighted by Gasteiger charge is 2.25. The van der Waals surface area contributed by atoms with Gasteiger partial charge >= 0.3 is 0 Å². The van der Waals surface area contributed by atoms with E-state index in [1.807, 2.05) is 18.8 Å². The van der Waals surface area contributed by atoms with E-state index >= 15 is 0 Å². The molecule has 1 saturated heterocycles. The van der Waals surface area contributed by atoms with Crippen molar-refractivity contribution in [1.29, 1.82) is 0 Å². The molecule has 0 amide bonds. The first kappa shape index (κ1) is 17.8. The minimum absolute atomic E-state index is 0.554. The zero-order chi connectivity index (χ0) is 17.5. The van der Waals surface area contributed by atoms with Crippen LogP contribution in [0.25, 0.3) is 0 Å². The standard InChI is InChI=1S/C18H26N6S/c1-3-19-18(20-11-17-21-14-22-23(17)2)24-10-9-15(12-24)13-25-16-7-5-4-6-8-16/h4-8,14-15H,3,9-13H2,1-2H3,(H,19,20). The number of thioether (sulfide) groups is 1. The van der Waals surface area contributed by atoms with E-state index in [0.29, 0.717) is 12.5 Å². The fourth-order valence-corrected chi connectivity index (χ4v) is 3.98. The lowest BCUT2D eigenvalue weighted by Gasteiger charge is -2.21. The Morgan fingerprint density at radius 2 is 2.20 bits per heavy atom. The molecule has 1 aromatic carbocycles. The molecular weight excluding hydrogens is 332 g/mol. The molecule has 0 aliphatic carbocycles. The summed E-state index contributed by atoms with van der Waals surface area (Å²) >= 11 is 1.95. The van der Waals surface area contributed by atoms with E-state index in [9.17, 15) is 0 Å². The molecule has 2 aromatic rings. The number of rotatable bonds is 6. The Morgan fingerprint density at radius 3 is 2.92 bits per heavy atom. The SMILES string of the molecule is CCNC(=NCc1ncnn1C)N1CCC(CSc2ccccc2)C1. The summed E-state index contributed by atoms with van der Waals surface area (Å²) in [6.45, 7) is 5.65. The Morgan fingerprint density at radius 1 is 1.36 bits per heavy atom. The van der Waals surface area contributed by atoms with Crippen LogP contribution >= 0.6 is 11.8 Å². The van der Waals surface area contributed by atoms with Crippen LogP contribution in [0.5, 0.6) is 0 Å². The quantitative estimate of drug-likeness (QED) is 0.488. The number of guanidine groups is 1. The lowest BCUT2D eigenvalue weighted by molar-refractivity contribution is 0.473. The molecule has 0 radical (unpaired) electrons. The summed E-state index contributed by atoms with van der Waals surface area (Å²) in [7, 11) is 1.90. The highest BCUT2D eigenvalue weighted by Crippen LogP contribution is 2.25. The number of hydrogen-bond donors (Lipinski definition) is 1. The third-order valence-electron chi connectivity index (χ3n) is 4.32. The van der Waals surface area contributed by atoms with E-state index in [1.54, 1.807) is 11.0 Å². The largest absolute Gasteiger partial charge is 0.357 e. The number of aromatic nitrogens is 3. The van der Waals surface area contributed by atoms with Gasteiger partial charge < -0.3 is 10.2 Å². The van der Waals surface area contributed by atoms with Crippen molar-refractivity contribution in [2.24, 2.45) is 18.0 Å². The zero-order valence-corrected chi connectivity index (χ0v) is 15.7. The van der Waals surface area contributed by atoms with Crippen LogP contribution in [0.15, 0.2) is 46.5 Å². The number of benzene rings is 1. The predicted molar refractivity (Wildman–Crippen MR) is 103 cm³/mol. The van der Waals surface area contributed by atoms with Crippen molar-refractivity contribution < 1.29 is 0 Å². The van der Waals surface area contributed by atoms with Crippen LogP contribution in [0.1, 0.15) is 19.2 Å². The van der Waals surface area contributed by atoms with Gasteiger partial charge in [-0.3, -0.25) is 4.68 Å². The maximum absolute atomic E-state index is 4.75. The molecule has 1 aliphatic heterocycles. The number of nitrogens with zero attached hydrogens (tertiary/aromatic N) is 5. The van der Waals surface area contributed by atoms with Crippen LogP contribution in [-0.4, -0.2) is 51.0 Å². The second-order valence-corrected chi connectivity index (χ2v) is 7.29. The maximum Gasteiger partial charge on any atom is 0.194 e. The molecule has 1 fully saturated rings. The van der Waals surface area contributed by atoms with Crippen LogP contribution in [0.2, 0.25) is 0 Å². The summed E-state index contributed by atoms with van der Waals surface area (Å²) in [6.07, 6.45) is 2.79. The Balaban J connectivity index is 1.55. The molecule has 134 valence electrons. The molecule has 7 heteroatoms. The average Bonchev–Trinajstić information content (AvgIpc) is 3.27. The first-order valence-electron chi connectivity index (χ1n) is 8.80. The van der Waals surface area contributed by atoms with Crippen LogP contribution in [0, 0.1) is 5.92 Å².